The number of hydrogen-bond acceptors (Lipinski definition) is 5. The predicted molar refractivity (Wildman–Crippen MR) is 124 cm³/mol. The summed E-state index contributed by atoms with van der Waals surface area (Å²) in [6, 6.07) is 16.0. The van der Waals surface area contributed by atoms with E-state index in [9.17, 15) is 9.90 Å². The first-order valence-corrected chi connectivity index (χ1v) is 9.69. The zero-order valence-electron chi connectivity index (χ0n) is 16.4. The van der Waals surface area contributed by atoms with E-state index in [2.05, 4.69) is 43.2 Å². The van der Waals surface area contributed by atoms with E-state index in [-0.39, 0.29) is 16.6 Å². The first kappa shape index (κ1) is 20.6. The number of aryl methyl sites for hydroxylation is 1. The lowest BCUT2D eigenvalue weighted by molar-refractivity contribution is 0.474. The molecule has 148 valence electrons. The molecule has 5 heteroatoms. The van der Waals surface area contributed by atoms with Gasteiger partial charge in [-0.3, -0.25) is 4.79 Å². The van der Waals surface area contributed by atoms with Crippen LogP contribution in [0.15, 0.2) is 77.0 Å². The molecule has 0 bridgehead atoms. The molecule has 2 aromatic rings. The molecule has 0 amide bonds. The summed E-state index contributed by atoms with van der Waals surface area (Å²) in [6.45, 7) is 10.0. The Labute approximate surface area is 175 Å². The quantitative estimate of drug-likeness (QED) is 0.168. The summed E-state index contributed by atoms with van der Waals surface area (Å²) in [5.41, 5.74) is 5.38. The molecule has 0 fully saturated rings. The van der Waals surface area contributed by atoms with E-state index >= 15 is 0 Å². The average Bonchev–Trinajstić information content (AvgIpc) is 2.67. The summed E-state index contributed by atoms with van der Waals surface area (Å²) >= 11 is 4.38. The van der Waals surface area contributed by atoms with Crippen molar-refractivity contribution in [1.29, 1.82) is 0 Å². The second-order valence-electron chi connectivity index (χ2n) is 6.67. The number of thiol groups is 1. The monoisotopic (exact) mass is 405 g/mol. The van der Waals surface area contributed by atoms with Crippen molar-refractivity contribution >= 4 is 29.3 Å². The third-order valence-electron chi connectivity index (χ3n) is 4.55. The maximum absolute atomic E-state index is 11.8. The van der Waals surface area contributed by atoms with Gasteiger partial charge in [-0.2, -0.15) is 12.6 Å². The van der Waals surface area contributed by atoms with E-state index in [1.165, 1.54) is 6.07 Å². The Morgan fingerprint density at radius 2 is 1.76 bits per heavy atom. The van der Waals surface area contributed by atoms with Gasteiger partial charge >= 0.3 is 0 Å². The highest BCUT2D eigenvalue weighted by Gasteiger charge is 2.19. The summed E-state index contributed by atoms with van der Waals surface area (Å²) in [5.74, 6) is 0.620. The average molecular weight is 406 g/mol. The molecule has 0 saturated carbocycles. The van der Waals surface area contributed by atoms with E-state index in [4.69, 9.17) is 4.42 Å². The van der Waals surface area contributed by atoms with Crippen molar-refractivity contribution in [2.45, 2.75) is 19.2 Å². The molecule has 1 heterocycles. The molecule has 0 saturated heterocycles. The number of anilines is 1. The fourth-order valence-corrected chi connectivity index (χ4v) is 3.57. The molecule has 4 nitrogen and oxygen atoms in total. The number of phenolic OH excluding ortho intramolecular Hbond substituents is 1. The molecule has 0 radical (unpaired) electrons. The highest BCUT2D eigenvalue weighted by molar-refractivity contribution is 7.81. The van der Waals surface area contributed by atoms with Gasteiger partial charge in [0.15, 0.2) is 5.43 Å². The van der Waals surface area contributed by atoms with Gasteiger partial charge in [0, 0.05) is 34.3 Å². The highest BCUT2D eigenvalue weighted by Crippen LogP contribution is 2.42. The van der Waals surface area contributed by atoms with Crippen molar-refractivity contribution < 1.29 is 9.52 Å². The van der Waals surface area contributed by atoms with Crippen molar-refractivity contribution in [3.8, 4) is 28.2 Å². The standard InChI is InChI=1S/C22H19NO3S.C2H4/c1-12-9-14(23-13(2)27)3-6-17(12)22-18-7-4-15(24)10-20(18)26-21-11-16(25)5-8-19(21)22;1-2/h3-11,13,23-24,27H,1-2H3;1-2H2. The Morgan fingerprint density at radius 3 is 2.45 bits per heavy atom. The van der Waals surface area contributed by atoms with Gasteiger partial charge in [-0.1, -0.05) is 6.07 Å². The minimum Gasteiger partial charge on any atom is -0.508 e. The second kappa shape index (κ2) is 8.45. The lowest BCUT2D eigenvalue weighted by Gasteiger charge is -2.18. The van der Waals surface area contributed by atoms with Crippen molar-refractivity contribution in [1.82, 2.24) is 0 Å². The maximum atomic E-state index is 11.8. The molecule has 0 aromatic heterocycles. The number of aromatic hydroxyl groups is 1. The van der Waals surface area contributed by atoms with Crippen LogP contribution in [0.3, 0.4) is 0 Å². The number of fused-ring (bicyclic) bond motifs is 2. The van der Waals surface area contributed by atoms with Crippen LogP contribution in [-0.2, 0) is 0 Å². The lowest BCUT2D eigenvalue weighted by Crippen LogP contribution is -2.07. The van der Waals surface area contributed by atoms with Gasteiger partial charge in [0.25, 0.3) is 0 Å². The zero-order valence-corrected chi connectivity index (χ0v) is 17.3. The van der Waals surface area contributed by atoms with Crippen LogP contribution >= 0.6 is 12.6 Å². The predicted octanol–water partition coefficient (Wildman–Crippen LogP) is 6.07. The molecule has 1 unspecified atom stereocenters. The molecule has 4 rings (SSSR count). The summed E-state index contributed by atoms with van der Waals surface area (Å²) in [6.07, 6.45) is 0. The molecular weight excluding hydrogens is 382 g/mol. The first-order valence-electron chi connectivity index (χ1n) is 9.17. The number of phenols is 1. The zero-order chi connectivity index (χ0) is 21.1. The fourth-order valence-electron chi connectivity index (χ4n) is 3.42. The third kappa shape index (κ3) is 4.15. The Morgan fingerprint density at radius 1 is 1.03 bits per heavy atom. The first-order chi connectivity index (χ1) is 13.9. The van der Waals surface area contributed by atoms with Gasteiger partial charge in [0.1, 0.15) is 17.1 Å². The summed E-state index contributed by atoms with van der Waals surface area (Å²) < 4.78 is 5.90. The minimum absolute atomic E-state index is 0.0471. The van der Waals surface area contributed by atoms with Crippen LogP contribution in [0.2, 0.25) is 0 Å². The summed E-state index contributed by atoms with van der Waals surface area (Å²) in [5, 5.41) is 14.1. The van der Waals surface area contributed by atoms with Gasteiger partial charge in [-0.05, 0) is 61.4 Å². The topological polar surface area (TPSA) is 62.5 Å². The minimum atomic E-state index is -0.115. The third-order valence-corrected chi connectivity index (χ3v) is 4.68. The van der Waals surface area contributed by atoms with Crippen LogP contribution in [0.1, 0.15) is 12.5 Å². The lowest BCUT2D eigenvalue weighted by atomic mass is 9.91. The van der Waals surface area contributed by atoms with Crippen LogP contribution in [0.25, 0.3) is 33.4 Å². The summed E-state index contributed by atoms with van der Waals surface area (Å²) in [7, 11) is 0. The molecule has 2 aliphatic rings. The van der Waals surface area contributed by atoms with E-state index in [1.807, 2.05) is 26.0 Å². The summed E-state index contributed by atoms with van der Waals surface area (Å²) in [4.78, 5) is 11.8. The van der Waals surface area contributed by atoms with Crippen molar-refractivity contribution in [3.63, 3.8) is 0 Å². The Bertz CT molecular complexity index is 1200. The molecule has 0 spiro atoms. The van der Waals surface area contributed by atoms with Crippen LogP contribution in [-0.4, -0.2) is 10.5 Å². The maximum Gasteiger partial charge on any atom is 0.182 e. The number of hydrogen-bond donors (Lipinski definition) is 3. The smallest absolute Gasteiger partial charge is 0.182 e. The largest absolute Gasteiger partial charge is 0.508 e. The number of nitrogens with one attached hydrogen (secondary N) is 1. The van der Waals surface area contributed by atoms with Gasteiger partial charge in [-0.25, -0.2) is 0 Å². The molecule has 1 atom stereocenters. The molecule has 2 N–H and O–H groups in total. The van der Waals surface area contributed by atoms with E-state index in [1.54, 1.807) is 24.3 Å². The van der Waals surface area contributed by atoms with E-state index < -0.39 is 0 Å². The number of rotatable bonds is 3. The van der Waals surface area contributed by atoms with Crippen LogP contribution in [0.5, 0.6) is 5.75 Å². The molecular formula is C24H23NO3S. The fraction of sp³-hybridized carbons (Fsp3) is 0.125. The van der Waals surface area contributed by atoms with Gasteiger partial charge in [-0.15, -0.1) is 13.2 Å². The molecule has 29 heavy (non-hydrogen) atoms. The van der Waals surface area contributed by atoms with Crippen LogP contribution < -0.4 is 10.7 Å². The number of benzene rings is 3. The Hall–Kier alpha value is -3.18. The Balaban J connectivity index is 0.00000117. The van der Waals surface area contributed by atoms with Crippen molar-refractivity contribution in [2.24, 2.45) is 0 Å². The van der Waals surface area contributed by atoms with E-state index in [0.29, 0.717) is 11.3 Å². The van der Waals surface area contributed by atoms with Gasteiger partial charge in [0.05, 0.1) is 5.37 Å². The molecule has 2 aromatic carbocycles. The normalized spacial score (nSPS) is 11.7. The highest BCUT2D eigenvalue weighted by atomic mass is 32.1. The van der Waals surface area contributed by atoms with Crippen molar-refractivity contribution in [3.05, 3.63) is 83.5 Å². The van der Waals surface area contributed by atoms with E-state index in [0.717, 1.165) is 33.3 Å². The van der Waals surface area contributed by atoms with Gasteiger partial charge in [0.2, 0.25) is 0 Å². The van der Waals surface area contributed by atoms with Crippen LogP contribution in [0.4, 0.5) is 5.69 Å². The van der Waals surface area contributed by atoms with Crippen LogP contribution in [0, 0.1) is 6.92 Å². The van der Waals surface area contributed by atoms with Crippen molar-refractivity contribution in [2.75, 3.05) is 5.32 Å². The SMILES string of the molecule is C=C.Cc1cc(NC(C)S)ccc1-c1c2ccc(=O)cc-2oc2cc(O)ccc12. The Kier molecular flexibility index (Phi) is 5.99. The molecule has 1 aliphatic heterocycles. The second-order valence-corrected chi connectivity index (χ2v) is 7.44. The van der Waals surface area contributed by atoms with Gasteiger partial charge < -0.3 is 14.8 Å². The molecule has 1 aliphatic carbocycles.